The number of carbonyl (C=O) groups excluding carboxylic acids is 1. The van der Waals surface area contributed by atoms with E-state index in [1.165, 1.54) is 0 Å². The number of nitrogens with zero attached hydrogens (tertiary/aromatic N) is 3. The first-order valence-corrected chi connectivity index (χ1v) is 8.69. The molecule has 1 atom stereocenters. The molecule has 1 N–H and O–H groups in total. The van der Waals surface area contributed by atoms with Gasteiger partial charge in [-0.05, 0) is 37.5 Å². The van der Waals surface area contributed by atoms with Crippen molar-refractivity contribution in [1.29, 1.82) is 0 Å². The Balaban J connectivity index is 1.41. The highest BCUT2D eigenvalue weighted by Crippen LogP contribution is 2.33. The number of aliphatic hydroxyl groups is 1. The van der Waals surface area contributed by atoms with E-state index in [2.05, 4.69) is 10.1 Å². The van der Waals surface area contributed by atoms with E-state index in [1.807, 2.05) is 18.2 Å². The molecule has 4 rings (SSSR count). The van der Waals surface area contributed by atoms with Gasteiger partial charge in [-0.15, -0.1) is 0 Å². The lowest BCUT2D eigenvalue weighted by Crippen LogP contribution is -2.51. The Morgan fingerprint density at radius 2 is 2.19 bits per heavy atom. The van der Waals surface area contributed by atoms with E-state index in [0.29, 0.717) is 36.2 Å². The molecule has 26 heavy (non-hydrogen) atoms. The van der Waals surface area contributed by atoms with Gasteiger partial charge in [0.1, 0.15) is 0 Å². The molecule has 0 aliphatic carbocycles. The van der Waals surface area contributed by atoms with Gasteiger partial charge < -0.3 is 24.0 Å². The Labute approximate surface area is 150 Å². The van der Waals surface area contributed by atoms with Crippen LogP contribution in [0.1, 0.15) is 30.1 Å². The molecule has 2 aliphatic rings. The highest BCUT2D eigenvalue weighted by Gasteiger charge is 2.37. The molecule has 2 aliphatic heterocycles. The normalized spacial score (nSPS) is 21.8. The van der Waals surface area contributed by atoms with E-state index >= 15 is 0 Å². The van der Waals surface area contributed by atoms with Crippen LogP contribution in [-0.4, -0.2) is 51.5 Å². The zero-order chi connectivity index (χ0) is 18.1. The lowest BCUT2D eigenvalue weighted by molar-refractivity contribution is -0.137. The van der Waals surface area contributed by atoms with Crippen molar-refractivity contribution >= 4 is 5.91 Å². The fourth-order valence-electron chi connectivity index (χ4n) is 3.50. The van der Waals surface area contributed by atoms with Crippen molar-refractivity contribution in [3.8, 4) is 11.5 Å². The van der Waals surface area contributed by atoms with Gasteiger partial charge in [0.05, 0.1) is 18.4 Å². The molecule has 8 heteroatoms. The molecule has 1 fully saturated rings. The molecule has 1 aromatic carbocycles. The summed E-state index contributed by atoms with van der Waals surface area (Å²) in [5, 5.41) is 14.6. The molecule has 3 heterocycles. The van der Waals surface area contributed by atoms with Crippen LogP contribution < -0.4 is 9.47 Å². The van der Waals surface area contributed by atoms with Crippen LogP contribution in [0.5, 0.6) is 11.5 Å². The number of hydrogen-bond donors (Lipinski definition) is 1. The summed E-state index contributed by atoms with van der Waals surface area (Å²) < 4.78 is 15.8. The molecule has 2 aromatic rings. The van der Waals surface area contributed by atoms with Crippen LogP contribution >= 0.6 is 0 Å². The van der Waals surface area contributed by atoms with Gasteiger partial charge in [-0.3, -0.25) is 4.79 Å². The zero-order valence-electron chi connectivity index (χ0n) is 14.6. The molecule has 0 bridgehead atoms. The Hall–Kier alpha value is -2.61. The standard InChI is InChI=1S/C18H21N3O5/c1-12-19-16(26-20-12)9-18(23)5-2-6-21(10-18)17(22)8-13-3-4-14-15(7-13)25-11-24-14/h3-4,7,23H,2,5-6,8-11H2,1H3. The minimum Gasteiger partial charge on any atom is -0.454 e. The molecule has 1 aromatic heterocycles. The van der Waals surface area contributed by atoms with E-state index in [9.17, 15) is 9.90 Å². The smallest absolute Gasteiger partial charge is 0.231 e. The van der Waals surface area contributed by atoms with Crippen LogP contribution in [0.25, 0.3) is 0 Å². The minimum atomic E-state index is -1.04. The van der Waals surface area contributed by atoms with E-state index < -0.39 is 5.60 Å². The summed E-state index contributed by atoms with van der Waals surface area (Å²) in [5.74, 6) is 2.27. The molecular formula is C18H21N3O5. The second kappa shape index (κ2) is 6.60. The first-order chi connectivity index (χ1) is 12.5. The van der Waals surface area contributed by atoms with Crippen molar-refractivity contribution in [3.63, 3.8) is 0 Å². The maximum atomic E-state index is 12.7. The maximum absolute atomic E-state index is 12.7. The van der Waals surface area contributed by atoms with Gasteiger partial charge in [0.2, 0.25) is 18.6 Å². The predicted octanol–water partition coefficient (Wildman–Crippen LogP) is 1.25. The fraction of sp³-hybridized carbons (Fsp3) is 0.500. The van der Waals surface area contributed by atoms with Crippen LogP contribution in [-0.2, 0) is 17.6 Å². The summed E-state index contributed by atoms with van der Waals surface area (Å²) in [6.45, 7) is 2.84. The third-order valence-electron chi connectivity index (χ3n) is 4.75. The van der Waals surface area contributed by atoms with E-state index in [0.717, 1.165) is 12.0 Å². The summed E-state index contributed by atoms with van der Waals surface area (Å²) >= 11 is 0. The Bertz CT molecular complexity index is 821. The van der Waals surface area contributed by atoms with Crippen LogP contribution in [0, 0.1) is 6.92 Å². The number of likely N-dealkylation sites (tertiary alicyclic amines) is 1. The number of amides is 1. The number of carbonyl (C=O) groups is 1. The van der Waals surface area contributed by atoms with Crippen LogP contribution in [0.3, 0.4) is 0 Å². The maximum Gasteiger partial charge on any atom is 0.231 e. The largest absolute Gasteiger partial charge is 0.454 e. The highest BCUT2D eigenvalue weighted by molar-refractivity contribution is 5.79. The Morgan fingerprint density at radius 3 is 3.00 bits per heavy atom. The van der Waals surface area contributed by atoms with Crippen LogP contribution in [0.15, 0.2) is 22.7 Å². The lowest BCUT2D eigenvalue weighted by Gasteiger charge is -2.38. The third kappa shape index (κ3) is 3.50. The number of rotatable bonds is 4. The molecule has 8 nitrogen and oxygen atoms in total. The number of ether oxygens (including phenoxy) is 2. The predicted molar refractivity (Wildman–Crippen MR) is 89.8 cm³/mol. The monoisotopic (exact) mass is 359 g/mol. The molecule has 0 radical (unpaired) electrons. The molecule has 1 unspecified atom stereocenters. The fourth-order valence-corrected chi connectivity index (χ4v) is 3.50. The van der Waals surface area contributed by atoms with E-state index in [4.69, 9.17) is 14.0 Å². The summed E-state index contributed by atoms with van der Waals surface area (Å²) in [6, 6.07) is 5.51. The zero-order valence-corrected chi connectivity index (χ0v) is 14.6. The van der Waals surface area contributed by atoms with Crippen molar-refractivity contribution in [2.24, 2.45) is 0 Å². The highest BCUT2D eigenvalue weighted by atomic mass is 16.7. The van der Waals surface area contributed by atoms with Gasteiger partial charge in [0.25, 0.3) is 0 Å². The summed E-state index contributed by atoms with van der Waals surface area (Å²) in [4.78, 5) is 18.6. The Kier molecular flexibility index (Phi) is 4.28. The molecule has 1 saturated heterocycles. The lowest BCUT2D eigenvalue weighted by atomic mass is 9.89. The van der Waals surface area contributed by atoms with Gasteiger partial charge in [-0.2, -0.15) is 4.98 Å². The average molecular weight is 359 g/mol. The van der Waals surface area contributed by atoms with Gasteiger partial charge in [-0.25, -0.2) is 0 Å². The van der Waals surface area contributed by atoms with E-state index in [1.54, 1.807) is 11.8 Å². The van der Waals surface area contributed by atoms with Crippen molar-refractivity contribution in [3.05, 3.63) is 35.5 Å². The molecular weight excluding hydrogens is 338 g/mol. The van der Waals surface area contributed by atoms with Crippen molar-refractivity contribution in [2.45, 2.75) is 38.2 Å². The van der Waals surface area contributed by atoms with Crippen molar-refractivity contribution in [1.82, 2.24) is 15.0 Å². The van der Waals surface area contributed by atoms with Gasteiger partial charge in [0, 0.05) is 13.1 Å². The molecule has 138 valence electrons. The van der Waals surface area contributed by atoms with Crippen LogP contribution in [0.2, 0.25) is 0 Å². The number of aryl methyl sites for hydroxylation is 1. The number of fused-ring (bicyclic) bond motifs is 1. The SMILES string of the molecule is Cc1noc(CC2(O)CCCN(C(=O)Cc3ccc4c(c3)OCO4)C2)n1. The number of β-amino-alcohol motifs (C(OH)–C–C–N with tert-alkyl or cyclic N) is 1. The molecule has 0 spiro atoms. The van der Waals surface area contributed by atoms with Crippen molar-refractivity contribution < 1.29 is 23.9 Å². The van der Waals surface area contributed by atoms with Gasteiger partial charge in [-0.1, -0.05) is 11.2 Å². The quantitative estimate of drug-likeness (QED) is 0.877. The first-order valence-electron chi connectivity index (χ1n) is 8.69. The summed E-state index contributed by atoms with van der Waals surface area (Å²) in [6.07, 6.45) is 1.84. The number of aromatic nitrogens is 2. The average Bonchev–Trinajstić information content (AvgIpc) is 3.22. The number of benzene rings is 1. The summed E-state index contributed by atoms with van der Waals surface area (Å²) in [5.41, 5.74) is -0.178. The topological polar surface area (TPSA) is 97.9 Å². The molecule has 0 saturated carbocycles. The van der Waals surface area contributed by atoms with Gasteiger partial charge >= 0.3 is 0 Å². The van der Waals surface area contributed by atoms with Crippen molar-refractivity contribution in [2.75, 3.05) is 19.9 Å². The number of hydrogen-bond acceptors (Lipinski definition) is 7. The number of piperidine rings is 1. The minimum absolute atomic E-state index is 0.0244. The van der Waals surface area contributed by atoms with E-state index in [-0.39, 0.29) is 32.1 Å². The summed E-state index contributed by atoms with van der Waals surface area (Å²) in [7, 11) is 0. The second-order valence-electron chi connectivity index (χ2n) is 6.92. The third-order valence-corrected chi connectivity index (χ3v) is 4.75. The second-order valence-corrected chi connectivity index (χ2v) is 6.92. The Morgan fingerprint density at radius 1 is 1.35 bits per heavy atom. The first kappa shape index (κ1) is 16.8. The van der Waals surface area contributed by atoms with Crippen LogP contribution in [0.4, 0.5) is 0 Å². The molecule has 1 amide bonds. The van der Waals surface area contributed by atoms with Gasteiger partial charge in [0.15, 0.2) is 17.3 Å².